The first-order valence-corrected chi connectivity index (χ1v) is 7.44. The van der Waals surface area contributed by atoms with E-state index in [-0.39, 0.29) is 11.5 Å². The zero-order valence-electron chi connectivity index (χ0n) is 12.4. The molecular formula is C17H26FN. The van der Waals surface area contributed by atoms with E-state index >= 15 is 0 Å². The summed E-state index contributed by atoms with van der Waals surface area (Å²) >= 11 is 0. The molecule has 0 saturated carbocycles. The third kappa shape index (κ3) is 4.04. The molecule has 0 radical (unpaired) electrons. The maximum atomic E-state index is 14.2. The van der Waals surface area contributed by atoms with E-state index < -0.39 is 6.17 Å². The number of halogens is 1. The molecule has 0 amide bonds. The monoisotopic (exact) mass is 263 g/mol. The maximum absolute atomic E-state index is 14.2. The van der Waals surface area contributed by atoms with Gasteiger partial charge in [-0.3, -0.25) is 0 Å². The third-order valence-electron chi connectivity index (χ3n) is 4.04. The summed E-state index contributed by atoms with van der Waals surface area (Å²) in [6.07, 6.45) is 3.08. The second-order valence-electron chi connectivity index (χ2n) is 6.72. The fourth-order valence-corrected chi connectivity index (χ4v) is 2.70. The van der Waals surface area contributed by atoms with Crippen LogP contribution in [0, 0.1) is 0 Å². The van der Waals surface area contributed by atoms with Gasteiger partial charge in [-0.15, -0.1) is 0 Å². The van der Waals surface area contributed by atoms with E-state index in [1.54, 1.807) is 0 Å². The van der Waals surface area contributed by atoms with Gasteiger partial charge >= 0.3 is 0 Å². The Bertz CT molecular complexity index is 385. The number of rotatable bonds is 3. The van der Waals surface area contributed by atoms with Crippen LogP contribution in [-0.4, -0.2) is 18.8 Å². The molecule has 1 aromatic rings. The third-order valence-corrected chi connectivity index (χ3v) is 4.04. The minimum absolute atomic E-state index is 0.0519. The second kappa shape index (κ2) is 6.04. The summed E-state index contributed by atoms with van der Waals surface area (Å²) in [4.78, 5) is 0. The highest BCUT2D eigenvalue weighted by Crippen LogP contribution is 2.23. The standard InChI is InChI=1S/C17H26FN/c1-17(2,3)14-9-7-13(8-10-14)12-15(18)16-6-4-5-11-19-16/h7-10,15-16,19H,4-6,11-12H2,1-3H3. The fraction of sp³-hybridized carbons (Fsp3) is 0.647. The number of nitrogens with one attached hydrogen (secondary N) is 1. The van der Waals surface area contributed by atoms with E-state index in [9.17, 15) is 4.39 Å². The molecule has 1 saturated heterocycles. The quantitative estimate of drug-likeness (QED) is 0.869. The van der Waals surface area contributed by atoms with Gasteiger partial charge in [-0.1, -0.05) is 51.5 Å². The van der Waals surface area contributed by atoms with E-state index in [1.807, 2.05) is 0 Å². The Labute approximate surface area is 116 Å². The molecule has 2 unspecified atom stereocenters. The smallest absolute Gasteiger partial charge is 0.119 e. The number of piperidine rings is 1. The lowest BCUT2D eigenvalue weighted by Gasteiger charge is -2.26. The average Bonchev–Trinajstić information content (AvgIpc) is 2.39. The van der Waals surface area contributed by atoms with Crippen molar-refractivity contribution in [3.8, 4) is 0 Å². The molecule has 19 heavy (non-hydrogen) atoms. The number of benzene rings is 1. The first kappa shape index (κ1) is 14.5. The van der Waals surface area contributed by atoms with Gasteiger partial charge in [0.05, 0.1) is 0 Å². The summed E-state index contributed by atoms with van der Waals surface area (Å²) in [5.41, 5.74) is 2.58. The van der Waals surface area contributed by atoms with Crippen molar-refractivity contribution in [2.45, 2.75) is 64.1 Å². The van der Waals surface area contributed by atoms with E-state index in [4.69, 9.17) is 0 Å². The molecule has 1 N–H and O–H groups in total. The highest BCUT2D eigenvalue weighted by Gasteiger charge is 2.23. The molecule has 0 spiro atoms. The molecule has 1 nitrogen and oxygen atoms in total. The first-order chi connectivity index (χ1) is 8.97. The molecule has 0 bridgehead atoms. The van der Waals surface area contributed by atoms with E-state index in [0.29, 0.717) is 6.42 Å². The van der Waals surface area contributed by atoms with E-state index in [1.165, 1.54) is 12.0 Å². The van der Waals surface area contributed by atoms with Gasteiger partial charge in [-0.2, -0.15) is 0 Å². The van der Waals surface area contributed by atoms with Crippen molar-refractivity contribution in [2.75, 3.05) is 6.54 Å². The lowest BCUT2D eigenvalue weighted by Crippen LogP contribution is -2.42. The van der Waals surface area contributed by atoms with Gasteiger partial charge in [0.2, 0.25) is 0 Å². The van der Waals surface area contributed by atoms with Gasteiger partial charge < -0.3 is 5.32 Å². The van der Waals surface area contributed by atoms with Gasteiger partial charge in [-0.05, 0) is 35.9 Å². The number of hydrogen-bond acceptors (Lipinski definition) is 1. The first-order valence-electron chi connectivity index (χ1n) is 7.44. The van der Waals surface area contributed by atoms with E-state index in [0.717, 1.165) is 24.9 Å². The van der Waals surface area contributed by atoms with Gasteiger partial charge in [0.25, 0.3) is 0 Å². The zero-order chi connectivity index (χ0) is 13.9. The van der Waals surface area contributed by atoms with Crippen molar-refractivity contribution in [2.24, 2.45) is 0 Å². The highest BCUT2D eigenvalue weighted by atomic mass is 19.1. The predicted octanol–water partition coefficient (Wildman–Crippen LogP) is 4.01. The number of alkyl halides is 1. The van der Waals surface area contributed by atoms with Crippen LogP contribution >= 0.6 is 0 Å². The van der Waals surface area contributed by atoms with Crippen LogP contribution in [0.5, 0.6) is 0 Å². The fourth-order valence-electron chi connectivity index (χ4n) is 2.70. The van der Waals surface area contributed by atoms with Crippen LogP contribution < -0.4 is 5.32 Å². The molecule has 2 atom stereocenters. The minimum Gasteiger partial charge on any atom is -0.311 e. The molecule has 1 fully saturated rings. The predicted molar refractivity (Wildman–Crippen MR) is 79.4 cm³/mol. The Morgan fingerprint density at radius 2 is 1.89 bits per heavy atom. The topological polar surface area (TPSA) is 12.0 Å². The summed E-state index contributed by atoms with van der Waals surface area (Å²) in [6.45, 7) is 7.57. The molecule has 2 heteroatoms. The molecule has 2 rings (SSSR count). The summed E-state index contributed by atoms with van der Waals surface area (Å²) in [6, 6.07) is 8.48. The molecule has 1 aliphatic rings. The summed E-state index contributed by atoms with van der Waals surface area (Å²) < 4.78 is 14.2. The van der Waals surface area contributed by atoms with Crippen LogP contribution in [0.4, 0.5) is 4.39 Å². The summed E-state index contributed by atoms with van der Waals surface area (Å²) in [7, 11) is 0. The molecule has 1 aromatic carbocycles. The van der Waals surface area contributed by atoms with Crippen LogP contribution in [0.3, 0.4) is 0 Å². The lowest BCUT2D eigenvalue weighted by molar-refractivity contribution is 0.217. The zero-order valence-corrected chi connectivity index (χ0v) is 12.4. The maximum Gasteiger partial charge on any atom is 0.119 e. The Balaban J connectivity index is 1.95. The van der Waals surface area contributed by atoms with Crippen LogP contribution in [0.25, 0.3) is 0 Å². The van der Waals surface area contributed by atoms with E-state index in [2.05, 4.69) is 50.4 Å². The van der Waals surface area contributed by atoms with Crippen molar-refractivity contribution in [1.82, 2.24) is 5.32 Å². The molecular weight excluding hydrogens is 237 g/mol. The number of hydrogen-bond donors (Lipinski definition) is 1. The van der Waals surface area contributed by atoms with Crippen LogP contribution in [0.15, 0.2) is 24.3 Å². The molecule has 0 aliphatic carbocycles. The Morgan fingerprint density at radius 1 is 1.21 bits per heavy atom. The Kier molecular flexibility index (Phi) is 4.62. The Hall–Kier alpha value is -0.890. The van der Waals surface area contributed by atoms with Gasteiger partial charge in [0, 0.05) is 12.5 Å². The average molecular weight is 263 g/mol. The van der Waals surface area contributed by atoms with Gasteiger partial charge in [0.1, 0.15) is 6.17 Å². The van der Waals surface area contributed by atoms with Crippen molar-refractivity contribution >= 4 is 0 Å². The van der Waals surface area contributed by atoms with Crippen molar-refractivity contribution in [3.63, 3.8) is 0 Å². The molecule has 0 aromatic heterocycles. The molecule has 106 valence electrons. The molecule has 1 heterocycles. The van der Waals surface area contributed by atoms with Crippen molar-refractivity contribution in [1.29, 1.82) is 0 Å². The second-order valence-corrected chi connectivity index (χ2v) is 6.72. The highest BCUT2D eigenvalue weighted by molar-refractivity contribution is 5.28. The van der Waals surface area contributed by atoms with Crippen molar-refractivity contribution in [3.05, 3.63) is 35.4 Å². The summed E-state index contributed by atoms with van der Waals surface area (Å²) in [5.74, 6) is 0. The van der Waals surface area contributed by atoms with Crippen LogP contribution in [0.1, 0.15) is 51.2 Å². The minimum atomic E-state index is -0.763. The van der Waals surface area contributed by atoms with Crippen LogP contribution in [-0.2, 0) is 11.8 Å². The normalized spacial score (nSPS) is 22.2. The lowest BCUT2D eigenvalue weighted by atomic mass is 9.86. The summed E-state index contributed by atoms with van der Waals surface area (Å²) in [5, 5.41) is 3.30. The van der Waals surface area contributed by atoms with Crippen LogP contribution in [0.2, 0.25) is 0 Å². The van der Waals surface area contributed by atoms with Crippen molar-refractivity contribution < 1.29 is 4.39 Å². The largest absolute Gasteiger partial charge is 0.311 e. The van der Waals surface area contributed by atoms with Gasteiger partial charge in [0.15, 0.2) is 0 Å². The SMILES string of the molecule is CC(C)(C)c1ccc(CC(F)C2CCCCN2)cc1. The van der Waals surface area contributed by atoms with Gasteiger partial charge in [-0.25, -0.2) is 4.39 Å². The Morgan fingerprint density at radius 3 is 2.42 bits per heavy atom. The molecule has 1 aliphatic heterocycles.